The fraction of sp³-hybridized carbons (Fsp3) is 0.194. The number of methoxy groups -OCH3 is 2. The highest BCUT2D eigenvalue weighted by atomic mass is 32.2. The van der Waals surface area contributed by atoms with E-state index in [9.17, 15) is 21.6 Å². The van der Waals surface area contributed by atoms with E-state index in [1.807, 2.05) is 26.0 Å². The number of nitrogens with zero attached hydrogens (tertiary/aromatic N) is 1. The lowest BCUT2D eigenvalue weighted by molar-refractivity contribution is -0.114. The van der Waals surface area contributed by atoms with Gasteiger partial charge in [0.2, 0.25) is 5.91 Å². The summed E-state index contributed by atoms with van der Waals surface area (Å²) in [5, 5.41) is 2.66. The van der Waals surface area contributed by atoms with E-state index in [1.54, 1.807) is 36.4 Å². The highest BCUT2D eigenvalue weighted by molar-refractivity contribution is 7.93. The van der Waals surface area contributed by atoms with E-state index in [0.717, 1.165) is 21.9 Å². The number of hydrogen-bond acceptors (Lipinski definition) is 7. The fourth-order valence-electron chi connectivity index (χ4n) is 4.19. The lowest BCUT2D eigenvalue weighted by Gasteiger charge is -2.24. The van der Waals surface area contributed by atoms with Gasteiger partial charge in [-0.2, -0.15) is 0 Å². The first-order chi connectivity index (χ1) is 20.5. The number of nitrogens with one attached hydrogen (secondary N) is 2. The molecule has 1 amide bonds. The molecule has 0 unspecified atom stereocenters. The maximum atomic E-state index is 13.6. The molecule has 0 aliphatic heterocycles. The largest absolute Gasteiger partial charge is 0.497 e. The lowest BCUT2D eigenvalue weighted by Crippen LogP contribution is -2.38. The van der Waals surface area contributed by atoms with Crippen LogP contribution in [0.25, 0.3) is 0 Å². The Balaban J connectivity index is 1.53. The number of anilines is 3. The zero-order valence-electron chi connectivity index (χ0n) is 24.2. The molecule has 0 heterocycles. The van der Waals surface area contributed by atoms with Crippen LogP contribution in [0.1, 0.15) is 18.1 Å². The second kappa shape index (κ2) is 13.2. The Morgan fingerprint density at radius 3 is 2.00 bits per heavy atom. The summed E-state index contributed by atoms with van der Waals surface area (Å²) in [5.41, 5.74) is 2.78. The van der Waals surface area contributed by atoms with Crippen molar-refractivity contribution in [3.05, 3.63) is 102 Å². The third-order valence-electron chi connectivity index (χ3n) is 6.63. The SMILES string of the molecule is CCc1ccc(N(CC(=O)Nc2ccc(S(=O)(=O)Nc3ccc(OC)cc3OC)cc2)S(=O)(=O)c2ccc(C)cc2)cc1. The summed E-state index contributed by atoms with van der Waals surface area (Å²) in [5.74, 6) is 0.177. The molecule has 0 spiro atoms. The Hall–Kier alpha value is -4.55. The number of benzene rings is 4. The van der Waals surface area contributed by atoms with Gasteiger partial charge in [0.1, 0.15) is 18.0 Å². The molecule has 0 aliphatic rings. The third kappa shape index (κ3) is 7.46. The number of aryl methyl sites for hydroxylation is 2. The molecule has 4 aromatic rings. The van der Waals surface area contributed by atoms with Crippen molar-refractivity contribution < 1.29 is 31.1 Å². The molecule has 43 heavy (non-hydrogen) atoms. The van der Waals surface area contributed by atoms with Crippen LogP contribution in [0.3, 0.4) is 0 Å². The van der Waals surface area contributed by atoms with E-state index in [0.29, 0.717) is 17.1 Å². The van der Waals surface area contributed by atoms with E-state index in [-0.39, 0.29) is 21.2 Å². The van der Waals surface area contributed by atoms with Crippen molar-refractivity contribution in [3.63, 3.8) is 0 Å². The predicted molar refractivity (Wildman–Crippen MR) is 167 cm³/mol. The third-order valence-corrected chi connectivity index (χ3v) is 9.80. The molecule has 12 heteroatoms. The maximum Gasteiger partial charge on any atom is 0.264 e. The first kappa shape index (κ1) is 31.4. The molecule has 0 aromatic heterocycles. The van der Waals surface area contributed by atoms with Crippen LogP contribution in [0.2, 0.25) is 0 Å². The smallest absolute Gasteiger partial charge is 0.264 e. The van der Waals surface area contributed by atoms with Gasteiger partial charge < -0.3 is 14.8 Å². The molecule has 4 rings (SSSR count). The Morgan fingerprint density at radius 1 is 0.791 bits per heavy atom. The van der Waals surface area contributed by atoms with Crippen molar-refractivity contribution in [2.45, 2.75) is 30.1 Å². The van der Waals surface area contributed by atoms with Crippen LogP contribution < -0.4 is 23.8 Å². The van der Waals surface area contributed by atoms with Crippen LogP contribution in [0, 0.1) is 6.92 Å². The molecule has 0 fully saturated rings. The maximum absolute atomic E-state index is 13.6. The quantitative estimate of drug-likeness (QED) is 0.222. The molecular weight excluding hydrogens is 590 g/mol. The molecule has 226 valence electrons. The zero-order chi connectivity index (χ0) is 31.2. The van der Waals surface area contributed by atoms with E-state index >= 15 is 0 Å². The molecule has 0 radical (unpaired) electrons. The Morgan fingerprint density at radius 2 is 1.42 bits per heavy atom. The van der Waals surface area contributed by atoms with Crippen LogP contribution >= 0.6 is 0 Å². The molecular formula is C31H33N3O7S2. The summed E-state index contributed by atoms with van der Waals surface area (Å²) in [6.45, 7) is 3.35. The van der Waals surface area contributed by atoms with Gasteiger partial charge >= 0.3 is 0 Å². The number of carbonyl (C=O) groups excluding carboxylic acids is 1. The van der Waals surface area contributed by atoms with Crippen molar-refractivity contribution in [2.75, 3.05) is 35.1 Å². The standard InChI is InChI=1S/C31H33N3O7S2/c1-5-23-8-12-25(13-9-23)34(43(38,39)28-15-6-22(2)7-16-28)21-31(35)32-24-10-17-27(18-11-24)42(36,37)33-29-19-14-26(40-3)20-30(29)41-4/h6-20,33H,5,21H2,1-4H3,(H,32,35). The highest BCUT2D eigenvalue weighted by Gasteiger charge is 2.27. The number of ether oxygens (including phenoxy) is 2. The van der Waals surface area contributed by atoms with Gasteiger partial charge in [-0.1, -0.05) is 36.8 Å². The molecule has 0 aliphatic carbocycles. The molecule has 0 atom stereocenters. The second-order valence-electron chi connectivity index (χ2n) is 9.59. The molecule has 4 aromatic carbocycles. The summed E-state index contributed by atoms with van der Waals surface area (Å²) in [6.07, 6.45) is 0.778. The summed E-state index contributed by atoms with van der Waals surface area (Å²) >= 11 is 0. The van der Waals surface area contributed by atoms with Crippen LogP contribution in [-0.2, 0) is 31.3 Å². The predicted octanol–water partition coefficient (Wildman–Crippen LogP) is 5.21. The van der Waals surface area contributed by atoms with Gasteiger partial charge in [-0.05, 0) is 79.6 Å². The van der Waals surface area contributed by atoms with E-state index in [1.165, 1.54) is 56.7 Å². The first-order valence-corrected chi connectivity index (χ1v) is 16.2. The van der Waals surface area contributed by atoms with Gasteiger partial charge in [0.15, 0.2) is 0 Å². The van der Waals surface area contributed by atoms with Crippen LogP contribution in [-0.4, -0.2) is 43.5 Å². The average molecular weight is 624 g/mol. The van der Waals surface area contributed by atoms with Crippen molar-refractivity contribution in [1.82, 2.24) is 0 Å². The summed E-state index contributed by atoms with van der Waals surface area (Å²) in [4.78, 5) is 13.1. The minimum atomic E-state index is -4.08. The molecule has 2 N–H and O–H groups in total. The van der Waals surface area contributed by atoms with Crippen molar-refractivity contribution in [1.29, 1.82) is 0 Å². The van der Waals surface area contributed by atoms with Crippen molar-refractivity contribution in [2.24, 2.45) is 0 Å². The minimum absolute atomic E-state index is 0.0528. The second-order valence-corrected chi connectivity index (χ2v) is 13.1. The minimum Gasteiger partial charge on any atom is -0.497 e. The van der Waals surface area contributed by atoms with E-state index in [4.69, 9.17) is 9.47 Å². The van der Waals surface area contributed by atoms with Gasteiger partial charge in [0.05, 0.1) is 35.4 Å². The monoisotopic (exact) mass is 623 g/mol. The number of sulfonamides is 2. The normalized spacial score (nSPS) is 11.4. The summed E-state index contributed by atoms with van der Waals surface area (Å²) in [7, 11) is -5.17. The lowest BCUT2D eigenvalue weighted by atomic mass is 10.1. The summed E-state index contributed by atoms with van der Waals surface area (Å²) < 4.78 is 67.2. The topological polar surface area (TPSA) is 131 Å². The van der Waals surface area contributed by atoms with Gasteiger partial charge in [0, 0.05) is 11.8 Å². The Labute approximate surface area is 252 Å². The van der Waals surface area contributed by atoms with Crippen LogP contribution in [0.15, 0.2) is 101 Å². The van der Waals surface area contributed by atoms with E-state index < -0.39 is 32.5 Å². The first-order valence-electron chi connectivity index (χ1n) is 13.3. The fourth-order valence-corrected chi connectivity index (χ4v) is 6.68. The van der Waals surface area contributed by atoms with Crippen LogP contribution in [0.5, 0.6) is 11.5 Å². The van der Waals surface area contributed by atoms with Gasteiger partial charge in [-0.15, -0.1) is 0 Å². The number of carbonyl (C=O) groups is 1. The van der Waals surface area contributed by atoms with Crippen molar-refractivity contribution >= 4 is 43.0 Å². The van der Waals surface area contributed by atoms with Crippen LogP contribution in [0.4, 0.5) is 17.1 Å². The highest BCUT2D eigenvalue weighted by Crippen LogP contribution is 2.31. The van der Waals surface area contributed by atoms with E-state index in [2.05, 4.69) is 10.0 Å². The van der Waals surface area contributed by atoms with Gasteiger partial charge in [0.25, 0.3) is 20.0 Å². The number of rotatable bonds is 12. The number of hydrogen-bond donors (Lipinski definition) is 2. The molecule has 0 saturated heterocycles. The van der Waals surface area contributed by atoms with Gasteiger partial charge in [-0.3, -0.25) is 13.8 Å². The Kier molecular flexibility index (Phi) is 9.62. The molecule has 0 saturated carbocycles. The molecule has 10 nitrogen and oxygen atoms in total. The van der Waals surface area contributed by atoms with Crippen molar-refractivity contribution in [3.8, 4) is 11.5 Å². The summed E-state index contributed by atoms with van der Waals surface area (Å²) in [6, 6.07) is 23.6. The number of amides is 1. The Bertz CT molecular complexity index is 1790. The molecule has 0 bridgehead atoms. The average Bonchev–Trinajstić information content (AvgIpc) is 3.00. The van der Waals surface area contributed by atoms with Gasteiger partial charge in [-0.25, -0.2) is 16.8 Å². The zero-order valence-corrected chi connectivity index (χ0v) is 25.8.